The van der Waals surface area contributed by atoms with Crippen LogP contribution in [0, 0.1) is 5.82 Å². The van der Waals surface area contributed by atoms with Crippen molar-refractivity contribution in [3.63, 3.8) is 0 Å². The third kappa shape index (κ3) is 1.82. The first kappa shape index (κ1) is 9.19. The second kappa shape index (κ2) is 3.67. The number of nitrogens with two attached hydrogens (primary N) is 1. The Hall–Kier alpha value is -0.900. The van der Waals surface area contributed by atoms with Crippen molar-refractivity contribution in [1.29, 1.82) is 0 Å². The van der Waals surface area contributed by atoms with E-state index in [1.54, 1.807) is 12.1 Å². The van der Waals surface area contributed by atoms with Crippen molar-refractivity contribution in [2.75, 3.05) is 0 Å². The Balaban J connectivity index is 3.02. The molecule has 1 aromatic rings. The van der Waals surface area contributed by atoms with E-state index in [2.05, 4.69) is 15.9 Å². The van der Waals surface area contributed by atoms with Crippen LogP contribution in [-0.4, -0.2) is 5.91 Å². The highest BCUT2D eigenvalue weighted by Crippen LogP contribution is 2.24. The summed E-state index contributed by atoms with van der Waals surface area (Å²) in [5, 5.41) is 0. The van der Waals surface area contributed by atoms with Gasteiger partial charge in [-0.3, -0.25) is 4.79 Å². The molecule has 0 saturated carbocycles. The van der Waals surface area contributed by atoms with Crippen LogP contribution in [0.25, 0.3) is 0 Å². The number of hydrogen-bond acceptors (Lipinski definition) is 1. The molecule has 0 radical (unpaired) electrons. The van der Waals surface area contributed by atoms with Gasteiger partial charge in [0.1, 0.15) is 10.6 Å². The highest BCUT2D eigenvalue weighted by atomic mass is 79.9. The monoisotopic (exact) mass is 231 g/mol. The fraction of sp³-hybridized carbons (Fsp3) is 0.125. The Labute approximate surface area is 77.7 Å². The van der Waals surface area contributed by atoms with E-state index in [9.17, 15) is 9.18 Å². The molecule has 1 aromatic carbocycles. The molecule has 0 aliphatic carbocycles. The molecule has 0 fully saturated rings. The van der Waals surface area contributed by atoms with Crippen LogP contribution in [0.15, 0.2) is 24.3 Å². The van der Waals surface area contributed by atoms with Crippen LogP contribution >= 0.6 is 15.9 Å². The zero-order valence-electron chi connectivity index (χ0n) is 6.13. The van der Waals surface area contributed by atoms with Gasteiger partial charge in [0, 0.05) is 5.56 Å². The summed E-state index contributed by atoms with van der Waals surface area (Å²) in [5.74, 6) is -1.03. The molecule has 1 amide bonds. The fourth-order valence-corrected chi connectivity index (χ4v) is 1.21. The van der Waals surface area contributed by atoms with Gasteiger partial charge in [-0.15, -0.1) is 0 Å². The van der Waals surface area contributed by atoms with Crippen LogP contribution in [0.1, 0.15) is 10.4 Å². The Morgan fingerprint density at radius 1 is 1.50 bits per heavy atom. The van der Waals surface area contributed by atoms with E-state index in [4.69, 9.17) is 5.73 Å². The van der Waals surface area contributed by atoms with Gasteiger partial charge < -0.3 is 5.73 Å². The Kier molecular flexibility index (Phi) is 2.81. The molecule has 1 atom stereocenters. The molecule has 0 aliphatic rings. The van der Waals surface area contributed by atoms with Gasteiger partial charge in [0.25, 0.3) is 0 Å². The molecule has 12 heavy (non-hydrogen) atoms. The molecule has 1 rings (SSSR count). The number of alkyl halides is 1. The van der Waals surface area contributed by atoms with Gasteiger partial charge in [-0.1, -0.05) is 34.1 Å². The van der Waals surface area contributed by atoms with Crippen molar-refractivity contribution < 1.29 is 9.18 Å². The summed E-state index contributed by atoms with van der Waals surface area (Å²) in [6.07, 6.45) is 0. The van der Waals surface area contributed by atoms with Gasteiger partial charge in [0.05, 0.1) is 0 Å². The van der Waals surface area contributed by atoms with Crippen LogP contribution in [0.5, 0.6) is 0 Å². The summed E-state index contributed by atoms with van der Waals surface area (Å²) >= 11 is 2.99. The topological polar surface area (TPSA) is 43.1 Å². The quantitative estimate of drug-likeness (QED) is 0.775. The van der Waals surface area contributed by atoms with E-state index >= 15 is 0 Å². The van der Waals surface area contributed by atoms with Gasteiger partial charge in [-0.05, 0) is 6.07 Å². The summed E-state index contributed by atoms with van der Waals surface area (Å²) in [6, 6.07) is 6.00. The molecule has 0 bridgehead atoms. The van der Waals surface area contributed by atoms with E-state index in [1.807, 2.05) is 0 Å². The zero-order chi connectivity index (χ0) is 9.14. The highest BCUT2D eigenvalue weighted by Gasteiger charge is 2.16. The van der Waals surface area contributed by atoms with Crippen molar-refractivity contribution in [3.8, 4) is 0 Å². The van der Waals surface area contributed by atoms with E-state index in [-0.39, 0.29) is 5.56 Å². The molecule has 0 spiro atoms. The standard InChI is InChI=1S/C8H7BrFNO/c9-7(8(11)12)5-3-1-2-4-6(5)10/h1-4,7H,(H2,11,12). The van der Waals surface area contributed by atoms with E-state index in [0.717, 1.165) is 0 Å². The number of halogens is 2. The van der Waals surface area contributed by atoms with Gasteiger partial charge in [0.15, 0.2) is 0 Å². The Morgan fingerprint density at radius 2 is 2.08 bits per heavy atom. The van der Waals surface area contributed by atoms with Crippen LogP contribution in [0.2, 0.25) is 0 Å². The third-order valence-electron chi connectivity index (χ3n) is 1.43. The molecule has 0 saturated heterocycles. The van der Waals surface area contributed by atoms with Gasteiger partial charge in [-0.2, -0.15) is 0 Å². The lowest BCUT2D eigenvalue weighted by atomic mass is 10.1. The summed E-state index contributed by atoms with van der Waals surface area (Å²) in [5.41, 5.74) is 5.25. The first-order valence-corrected chi connectivity index (χ1v) is 4.22. The van der Waals surface area contributed by atoms with Crippen LogP contribution in [-0.2, 0) is 4.79 Å². The molecule has 0 aromatic heterocycles. The summed E-state index contributed by atoms with van der Waals surface area (Å²) < 4.78 is 13.0. The second-order valence-corrected chi connectivity index (χ2v) is 3.20. The van der Waals surface area contributed by atoms with E-state index in [0.29, 0.717) is 0 Å². The van der Waals surface area contributed by atoms with Gasteiger partial charge >= 0.3 is 0 Å². The number of carbonyl (C=O) groups excluding carboxylic acids is 1. The van der Waals surface area contributed by atoms with E-state index < -0.39 is 16.6 Å². The molecular weight excluding hydrogens is 225 g/mol. The largest absolute Gasteiger partial charge is 0.368 e. The molecule has 2 nitrogen and oxygen atoms in total. The maximum Gasteiger partial charge on any atom is 0.235 e. The SMILES string of the molecule is NC(=O)C(Br)c1ccccc1F. The Bertz CT molecular complexity index is 303. The average molecular weight is 232 g/mol. The number of hydrogen-bond donors (Lipinski definition) is 1. The summed E-state index contributed by atoms with van der Waals surface area (Å²) in [6.45, 7) is 0. The highest BCUT2D eigenvalue weighted by molar-refractivity contribution is 9.09. The Morgan fingerprint density at radius 3 is 2.58 bits per heavy atom. The van der Waals surface area contributed by atoms with Crippen LogP contribution < -0.4 is 5.73 Å². The lowest BCUT2D eigenvalue weighted by molar-refractivity contribution is -0.117. The maximum atomic E-state index is 13.0. The smallest absolute Gasteiger partial charge is 0.235 e. The number of carbonyl (C=O) groups is 1. The maximum absolute atomic E-state index is 13.0. The average Bonchev–Trinajstić information content (AvgIpc) is 2.04. The van der Waals surface area contributed by atoms with Gasteiger partial charge in [0.2, 0.25) is 5.91 Å². The minimum atomic E-state index is -0.751. The minimum absolute atomic E-state index is 0.269. The number of benzene rings is 1. The van der Waals surface area contributed by atoms with Crippen LogP contribution in [0.4, 0.5) is 4.39 Å². The molecule has 0 heterocycles. The number of primary amides is 1. The molecule has 2 N–H and O–H groups in total. The lowest BCUT2D eigenvalue weighted by Crippen LogP contribution is -2.17. The van der Waals surface area contributed by atoms with Crippen LogP contribution in [0.3, 0.4) is 0 Å². The first-order chi connectivity index (χ1) is 5.63. The van der Waals surface area contributed by atoms with Crippen molar-refractivity contribution in [3.05, 3.63) is 35.6 Å². The predicted molar refractivity (Wildman–Crippen MR) is 47.3 cm³/mol. The summed E-state index contributed by atoms with van der Waals surface area (Å²) in [4.78, 5) is 9.91. The van der Waals surface area contributed by atoms with Gasteiger partial charge in [-0.25, -0.2) is 4.39 Å². The molecule has 64 valence electrons. The van der Waals surface area contributed by atoms with Crippen molar-refractivity contribution in [2.24, 2.45) is 5.73 Å². The van der Waals surface area contributed by atoms with Crippen molar-refractivity contribution >= 4 is 21.8 Å². The normalized spacial score (nSPS) is 12.5. The molecule has 1 unspecified atom stereocenters. The fourth-order valence-electron chi connectivity index (χ4n) is 0.834. The minimum Gasteiger partial charge on any atom is -0.368 e. The van der Waals surface area contributed by atoms with Crippen molar-refractivity contribution in [2.45, 2.75) is 4.83 Å². The number of rotatable bonds is 2. The molecular formula is C8H7BrFNO. The predicted octanol–water partition coefficient (Wildman–Crippen LogP) is 1.75. The van der Waals surface area contributed by atoms with E-state index in [1.165, 1.54) is 12.1 Å². The van der Waals surface area contributed by atoms with Crippen molar-refractivity contribution in [1.82, 2.24) is 0 Å². The first-order valence-electron chi connectivity index (χ1n) is 3.30. The summed E-state index contributed by atoms with van der Waals surface area (Å²) in [7, 11) is 0. The number of amides is 1. The third-order valence-corrected chi connectivity index (χ3v) is 2.37. The zero-order valence-corrected chi connectivity index (χ0v) is 7.71. The molecule has 4 heteroatoms. The molecule has 0 aliphatic heterocycles. The second-order valence-electron chi connectivity index (χ2n) is 2.29. The lowest BCUT2D eigenvalue weighted by Gasteiger charge is -2.05.